The Kier molecular flexibility index (Phi) is 4.35. The standard InChI is InChI=1S/C22H15FO4S/c1-14-6-2-5-9-19(14)28(25,26)21-20(15-10-12-16(23)13-11-15)17-7-3-4-8-18(17)27-22(21)24/h2-13H,1H3. The highest BCUT2D eigenvalue weighted by molar-refractivity contribution is 7.91. The summed E-state index contributed by atoms with van der Waals surface area (Å²) in [7, 11) is -4.18. The van der Waals surface area contributed by atoms with Crippen LogP contribution in [-0.4, -0.2) is 8.42 Å². The highest BCUT2D eigenvalue weighted by atomic mass is 32.2. The molecule has 0 aliphatic heterocycles. The van der Waals surface area contributed by atoms with Crippen molar-refractivity contribution in [3.63, 3.8) is 0 Å². The number of hydrogen-bond acceptors (Lipinski definition) is 4. The van der Waals surface area contributed by atoms with Crippen LogP contribution < -0.4 is 5.63 Å². The van der Waals surface area contributed by atoms with Gasteiger partial charge in [-0.3, -0.25) is 0 Å². The molecule has 4 aromatic rings. The number of fused-ring (bicyclic) bond motifs is 1. The molecule has 4 rings (SSSR count). The molecule has 0 saturated heterocycles. The summed E-state index contributed by atoms with van der Waals surface area (Å²) in [5.74, 6) is -0.459. The zero-order valence-electron chi connectivity index (χ0n) is 14.8. The van der Waals surface area contributed by atoms with Gasteiger partial charge < -0.3 is 4.42 Å². The van der Waals surface area contributed by atoms with Crippen molar-refractivity contribution in [2.24, 2.45) is 0 Å². The number of para-hydroxylation sites is 1. The molecular weight excluding hydrogens is 379 g/mol. The number of benzene rings is 3. The van der Waals surface area contributed by atoms with Crippen LogP contribution in [0.2, 0.25) is 0 Å². The van der Waals surface area contributed by atoms with E-state index in [9.17, 15) is 17.6 Å². The summed E-state index contributed by atoms with van der Waals surface area (Å²) in [5.41, 5.74) is 0.435. The molecule has 0 amide bonds. The summed E-state index contributed by atoms with van der Waals surface area (Å²) in [6.07, 6.45) is 0. The average molecular weight is 394 g/mol. The van der Waals surface area contributed by atoms with Crippen molar-refractivity contribution in [1.82, 2.24) is 0 Å². The molecule has 0 N–H and O–H groups in total. The minimum Gasteiger partial charge on any atom is -0.422 e. The summed E-state index contributed by atoms with van der Waals surface area (Å²) < 4.78 is 45.7. The first-order valence-corrected chi connectivity index (χ1v) is 10.0. The first kappa shape index (κ1) is 18.1. The van der Waals surface area contributed by atoms with Gasteiger partial charge in [-0.25, -0.2) is 17.6 Å². The third kappa shape index (κ3) is 2.92. The lowest BCUT2D eigenvalue weighted by Crippen LogP contribution is -2.17. The molecule has 0 aliphatic rings. The lowest BCUT2D eigenvalue weighted by molar-refractivity contribution is 0.533. The van der Waals surface area contributed by atoms with Crippen LogP contribution in [0.5, 0.6) is 0 Å². The largest absolute Gasteiger partial charge is 0.422 e. The topological polar surface area (TPSA) is 64.3 Å². The van der Waals surface area contributed by atoms with Crippen molar-refractivity contribution in [3.8, 4) is 11.1 Å². The highest BCUT2D eigenvalue weighted by Crippen LogP contribution is 2.35. The van der Waals surface area contributed by atoms with E-state index in [1.807, 2.05) is 0 Å². The van der Waals surface area contributed by atoms with E-state index in [2.05, 4.69) is 0 Å². The number of sulfone groups is 1. The fourth-order valence-electron chi connectivity index (χ4n) is 3.25. The van der Waals surface area contributed by atoms with E-state index in [1.54, 1.807) is 49.4 Å². The Morgan fingerprint density at radius 2 is 1.50 bits per heavy atom. The SMILES string of the molecule is Cc1ccccc1S(=O)(=O)c1c(-c2ccc(F)cc2)c2ccccc2oc1=O. The van der Waals surface area contributed by atoms with Crippen LogP contribution in [-0.2, 0) is 9.84 Å². The van der Waals surface area contributed by atoms with Crippen LogP contribution in [0.3, 0.4) is 0 Å². The molecule has 0 fully saturated rings. The highest BCUT2D eigenvalue weighted by Gasteiger charge is 2.30. The van der Waals surface area contributed by atoms with Crippen LogP contribution in [0.25, 0.3) is 22.1 Å². The molecule has 6 heteroatoms. The van der Waals surface area contributed by atoms with Gasteiger partial charge in [-0.1, -0.05) is 48.5 Å². The molecule has 0 saturated carbocycles. The summed E-state index contributed by atoms with van der Waals surface area (Å²) in [4.78, 5) is 12.4. The van der Waals surface area contributed by atoms with Gasteiger partial charge in [0, 0.05) is 10.9 Å². The van der Waals surface area contributed by atoms with Crippen molar-refractivity contribution in [2.75, 3.05) is 0 Å². The van der Waals surface area contributed by atoms with Crippen molar-refractivity contribution < 1.29 is 17.2 Å². The number of rotatable bonds is 3. The van der Waals surface area contributed by atoms with Gasteiger partial charge in [0.2, 0.25) is 9.84 Å². The monoisotopic (exact) mass is 394 g/mol. The van der Waals surface area contributed by atoms with E-state index >= 15 is 0 Å². The van der Waals surface area contributed by atoms with Crippen molar-refractivity contribution >= 4 is 20.8 Å². The maximum Gasteiger partial charge on any atom is 0.356 e. The van der Waals surface area contributed by atoms with Crippen LogP contribution in [0.4, 0.5) is 4.39 Å². The third-order valence-corrected chi connectivity index (χ3v) is 6.50. The van der Waals surface area contributed by atoms with Gasteiger partial charge in [-0.15, -0.1) is 0 Å². The molecule has 0 aliphatic carbocycles. The minimum atomic E-state index is -4.18. The first-order chi connectivity index (χ1) is 13.4. The van der Waals surface area contributed by atoms with E-state index in [0.29, 0.717) is 16.5 Å². The van der Waals surface area contributed by atoms with Gasteiger partial charge in [0.05, 0.1) is 4.90 Å². The normalized spacial score (nSPS) is 11.6. The lowest BCUT2D eigenvalue weighted by atomic mass is 10.0. The van der Waals surface area contributed by atoms with Gasteiger partial charge in [0.15, 0.2) is 4.90 Å². The Morgan fingerprint density at radius 1 is 0.857 bits per heavy atom. The quantitative estimate of drug-likeness (QED) is 0.471. The third-order valence-electron chi connectivity index (χ3n) is 4.56. The zero-order valence-corrected chi connectivity index (χ0v) is 15.7. The second kappa shape index (κ2) is 6.73. The Hall–Kier alpha value is -3.25. The molecule has 0 unspecified atom stereocenters. The van der Waals surface area contributed by atoms with Gasteiger partial charge >= 0.3 is 5.63 Å². The van der Waals surface area contributed by atoms with Gasteiger partial charge in [0.1, 0.15) is 11.4 Å². The zero-order chi connectivity index (χ0) is 19.9. The number of halogens is 1. The summed E-state index contributed by atoms with van der Waals surface area (Å²) in [5, 5.41) is 0.459. The van der Waals surface area contributed by atoms with E-state index in [1.165, 1.54) is 30.3 Å². The molecule has 0 spiro atoms. The maximum atomic E-state index is 13.4. The molecule has 1 aromatic heterocycles. The van der Waals surface area contributed by atoms with E-state index in [-0.39, 0.29) is 16.0 Å². The molecule has 0 atom stereocenters. The smallest absolute Gasteiger partial charge is 0.356 e. The van der Waals surface area contributed by atoms with Crippen LogP contribution in [0, 0.1) is 12.7 Å². The summed E-state index contributed by atoms with van der Waals surface area (Å²) in [6.45, 7) is 1.66. The number of hydrogen-bond donors (Lipinski definition) is 0. The molecule has 28 heavy (non-hydrogen) atoms. The molecule has 1 heterocycles. The lowest BCUT2D eigenvalue weighted by Gasteiger charge is -2.13. The van der Waals surface area contributed by atoms with Crippen LogP contribution in [0.15, 0.2) is 91.8 Å². The van der Waals surface area contributed by atoms with Crippen LogP contribution in [0.1, 0.15) is 5.56 Å². The molecule has 4 nitrogen and oxygen atoms in total. The molecule has 0 radical (unpaired) electrons. The Bertz CT molecular complexity index is 1350. The van der Waals surface area contributed by atoms with Crippen molar-refractivity contribution in [1.29, 1.82) is 0 Å². The van der Waals surface area contributed by atoms with Crippen molar-refractivity contribution in [2.45, 2.75) is 16.7 Å². The number of aryl methyl sites for hydroxylation is 1. The first-order valence-electron chi connectivity index (χ1n) is 8.52. The van der Waals surface area contributed by atoms with E-state index in [4.69, 9.17) is 4.42 Å². The molecular formula is C22H15FO4S. The van der Waals surface area contributed by atoms with Crippen LogP contribution >= 0.6 is 0 Å². The second-order valence-corrected chi connectivity index (χ2v) is 8.22. The fraction of sp³-hybridized carbons (Fsp3) is 0.0455. The summed E-state index contributed by atoms with van der Waals surface area (Å²) in [6, 6.07) is 18.5. The Balaban J connectivity index is 2.16. The minimum absolute atomic E-state index is 0.0287. The fourth-order valence-corrected chi connectivity index (χ4v) is 4.98. The maximum absolute atomic E-state index is 13.4. The molecule has 140 valence electrons. The van der Waals surface area contributed by atoms with Gasteiger partial charge in [-0.05, 0) is 42.3 Å². The molecule has 3 aromatic carbocycles. The average Bonchev–Trinajstić information content (AvgIpc) is 2.67. The Morgan fingerprint density at radius 3 is 2.21 bits per heavy atom. The van der Waals surface area contributed by atoms with E-state index in [0.717, 1.165) is 0 Å². The summed E-state index contributed by atoms with van der Waals surface area (Å²) >= 11 is 0. The van der Waals surface area contributed by atoms with Crippen molar-refractivity contribution in [3.05, 3.63) is 94.6 Å². The van der Waals surface area contributed by atoms with Gasteiger partial charge in [0.25, 0.3) is 0 Å². The molecule has 0 bridgehead atoms. The van der Waals surface area contributed by atoms with E-state index < -0.39 is 26.2 Å². The second-order valence-electron chi connectivity index (χ2n) is 6.37. The van der Waals surface area contributed by atoms with Gasteiger partial charge in [-0.2, -0.15) is 0 Å². The predicted molar refractivity (Wildman–Crippen MR) is 105 cm³/mol. The Labute approximate surface area is 160 Å². The predicted octanol–water partition coefficient (Wildman–Crippen LogP) is 4.74.